The highest BCUT2D eigenvalue weighted by Crippen LogP contribution is 2.28. The number of carbonyl (C=O) groups is 2. The minimum Gasteiger partial charge on any atom is -0.326 e. The fraction of sp³-hybridized carbons (Fsp3) is 0.300. The number of halogens is 1. The maximum atomic E-state index is 12.2. The molecule has 0 fully saturated rings. The third-order valence-electron chi connectivity index (χ3n) is 4.14. The van der Waals surface area contributed by atoms with Crippen molar-refractivity contribution in [3.63, 3.8) is 0 Å². The highest BCUT2D eigenvalue weighted by Gasteiger charge is 2.20. The minimum atomic E-state index is -3.53. The summed E-state index contributed by atoms with van der Waals surface area (Å²) in [7, 11) is -3.53. The Labute approximate surface area is 176 Å². The first-order valence-corrected chi connectivity index (χ1v) is 11.2. The van der Waals surface area contributed by atoms with Gasteiger partial charge in [-0.1, -0.05) is 23.7 Å². The van der Waals surface area contributed by atoms with Crippen LogP contribution in [0.1, 0.15) is 25.3 Å². The summed E-state index contributed by atoms with van der Waals surface area (Å²) in [4.78, 5) is 23.4. The van der Waals surface area contributed by atoms with Crippen LogP contribution in [0.15, 0.2) is 42.5 Å². The molecule has 0 aliphatic heterocycles. The molecule has 0 heterocycles. The van der Waals surface area contributed by atoms with Gasteiger partial charge in [0.25, 0.3) is 0 Å². The molecule has 2 rings (SSSR count). The van der Waals surface area contributed by atoms with E-state index in [-0.39, 0.29) is 24.8 Å². The molecule has 9 heteroatoms. The highest BCUT2D eigenvalue weighted by molar-refractivity contribution is 7.92. The molecular weight excluding hydrogens is 414 g/mol. The SMILES string of the molecule is CC(=O)Nc1cccc(NC(=O)CCCN(c2cccc(Cl)c2C)S(C)(=O)=O)c1. The van der Waals surface area contributed by atoms with Gasteiger partial charge >= 0.3 is 0 Å². The van der Waals surface area contributed by atoms with E-state index in [1.165, 1.54) is 11.2 Å². The van der Waals surface area contributed by atoms with Crippen molar-refractivity contribution in [3.8, 4) is 0 Å². The van der Waals surface area contributed by atoms with Crippen LogP contribution in [0.25, 0.3) is 0 Å². The van der Waals surface area contributed by atoms with Crippen LogP contribution in [0.5, 0.6) is 0 Å². The van der Waals surface area contributed by atoms with E-state index in [2.05, 4.69) is 10.6 Å². The molecule has 0 atom stereocenters. The van der Waals surface area contributed by atoms with E-state index in [0.717, 1.165) is 6.26 Å². The monoisotopic (exact) mass is 437 g/mol. The van der Waals surface area contributed by atoms with Gasteiger partial charge in [-0.25, -0.2) is 8.42 Å². The van der Waals surface area contributed by atoms with Gasteiger partial charge in [0, 0.05) is 36.3 Å². The van der Waals surface area contributed by atoms with Gasteiger partial charge in [0.15, 0.2) is 0 Å². The van der Waals surface area contributed by atoms with E-state index in [0.29, 0.717) is 34.1 Å². The molecule has 156 valence electrons. The lowest BCUT2D eigenvalue weighted by atomic mass is 10.2. The van der Waals surface area contributed by atoms with Crippen LogP contribution in [0.2, 0.25) is 5.02 Å². The van der Waals surface area contributed by atoms with E-state index in [1.807, 2.05) is 0 Å². The Kier molecular flexibility index (Phi) is 7.64. The van der Waals surface area contributed by atoms with Gasteiger partial charge < -0.3 is 10.6 Å². The van der Waals surface area contributed by atoms with Gasteiger partial charge in [-0.15, -0.1) is 0 Å². The average molecular weight is 438 g/mol. The predicted molar refractivity (Wildman–Crippen MR) is 117 cm³/mol. The molecule has 0 unspecified atom stereocenters. The second-order valence-electron chi connectivity index (χ2n) is 6.63. The number of amides is 2. The van der Waals surface area contributed by atoms with Gasteiger partial charge in [-0.05, 0) is 49.2 Å². The lowest BCUT2D eigenvalue weighted by Crippen LogP contribution is -2.32. The quantitative estimate of drug-likeness (QED) is 0.656. The summed E-state index contributed by atoms with van der Waals surface area (Å²) in [5.74, 6) is -0.452. The van der Waals surface area contributed by atoms with Gasteiger partial charge in [0.05, 0.1) is 11.9 Å². The van der Waals surface area contributed by atoms with Crippen molar-refractivity contribution in [1.82, 2.24) is 0 Å². The molecule has 2 aromatic carbocycles. The summed E-state index contributed by atoms with van der Waals surface area (Å²) in [5.41, 5.74) is 2.30. The van der Waals surface area contributed by atoms with E-state index >= 15 is 0 Å². The van der Waals surface area contributed by atoms with Crippen LogP contribution in [0, 0.1) is 6.92 Å². The zero-order chi connectivity index (χ0) is 21.6. The van der Waals surface area contributed by atoms with Crippen molar-refractivity contribution < 1.29 is 18.0 Å². The van der Waals surface area contributed by atoms with Crippen LogP contribution in [-0.4, -0.2) is 33.0 Å². The zero-order valence-electron chi connectivity index (χ0n) is 16.5. The minimum absolute atomic E-state index is 0.135. The first kappa shape index (κ1) is 22.7. The number of nitrogens with one attached hydrogen (secondary N) is 2. The molecule has 0 aliphatic carbocycles. The first-order chi connectivity index (χ1) is 13.6. The third-order valence-corrected chi connectivity index (χ3v) is 5.73. The van der Waals surface area contributed by atoms with Crippen molar-refractivity contribution >= 4 is 50.5 Å². The maximum absolute atomic E-state index is 12.2. The number of hydrogen-bond acceptors (Lipinski definition) is 4. The van der Waals surface area contributed by atoms with Crippen LogP contribution < -0.4 is 14.9 Å². The van der Waals surface area contributed by atoms with Crippen molar-refractivity contribution in [2.45, 2.75) is 26.7 Å². The summed E-state index contributed by atoms with van der Waals surface area (Å²) < 4.78 is 25.7. The Hall–Kier alpha value is -2.58. The Balaban J connectivity index is 2.00. The Morgan fingerprint density at radius 2 is 1.69 bits per heavy atom. The van der Waals surface area contributed by atoms with Crippen LogP contribution in [0.3, 0.4) is 0 Å². The lowest BCUT2D eigenvalue weighted by Gasteiger charge is -2.24. The van der Waals surface area contributed by atoms with Crippen LogP contribution >= 0.6 is 11.6 Å². The molecule has 7 nitrogen and oxygen atoms in total. The van der Waals surface area contributed by atoms with Gasteiger partial charge in [-0.3, -0.25) is 13.9 Å². The molecular formula is C20H24ClN3O4S. The standard InChI is InChI=1S/C20H24ClN3O4S/c1-14-18(21)9-5-10-19(14)24(29(3,27)28)12-6-11-20(26)23-17-8-4-7-16(13-17)22-15(2)25/h4-5,7-10,13H,6,11-12H2,1-3H3,(H,22,25)(H,23,26). The second kappa shape index (κ2) is 9.76. The number of benzene rings is 2. The molecule has 2 N–H and O–H groups in total. The molecule has 0 aliphatic rings. The van der Waals surface area contributed by atoms with E-state index < -0.39 is 10.0 Å². The fourth-order valence-electron chi connectivity index (χ4n) is 2.82. The van der Waals surface area contributed by atoms with Crippen LogP contribution in [0.4, 0.5) is 17.1 Å². The first-order valence-electron chi connectivity index (χ1n) is 8.98. The predicted octanol–water partition coefficient (Wildman–Crippen LogP) is 3.79. The third kappa shape index (κ3) is 6.76. The molecule has 29 heavy (non-hydrogen) atoms. The van der Waals surface area contributed by atoms with Crippen LogP contribution in [-0.2, 0) is 19.6 Å². The molecule has 0 bridgehead atoms. The largest absolute Gasteiger partial charge is 0.326 e. The topological polar surface area (TPSA) is 95.6 Å². The van der Waals surface area contributed by atoms with E-state index in [1.54, 1.807) is 49.4 Å². The van der Waals surface area contributed by atoms with Crippen molar-refractivity contribution in [3.05, 3.63) is 53.1 Å². The normalized spacial score (nSPS) is 11.0. The Morgan fingerprint density at radius 1 is 1.07 bits per heavy atom. The summed E-state index contributed by atoms with van der Waals surface area (Å²) in [6, 6.07) is 11.9. The lowest BCUT2D eigenvalue weighted by molar-refractivity contribution is -0.116. The van der Waals surface area contributed by atoms with E-state index in [4.69, 9.17) is 11.6 Å². The number of carbonyl (C=O) groups excluding carboxylic acids is 2. The number of sulfonamides is 1. The molecule has 0 saturated carbocycles. The molecule has 0 saturated heterocycles. The number of hydrogen-bond donors (Lipinski definition) is 2. The number of nitrogens with zero attached hydrogens (tertiary/aromatic N) is 1. The molecule has 0 spiro atoms. The summed E-state index contributed by atoms with van der Waals surface area (Å²) in [5, 5.41) is 5.88. The fourth-order valence-corrected chi connectivity index (χ4v) is 4.00. The highest BCUT2D eigenvalue weighted by atomic mass is 35.5. The molecule has 2 amide bonds. The molecule has 0 aromatic heterocycles. The summed E-state index contributed by atoms with van der Waals surface area (Å²) in [6.45, 7) is 3.31. The van der Waals surface area contributed by atoms with Crippen molar-refractivity contribution in [2.24, 2.45) is 0 Å². The van der Waals surface area contributed by atoms with E-state index in [9.17, 15) is 18.0 Å². The van der Waals surface area contributed by atoms with Crippen molar-refractivity contribution in [2.75, 3.05) is 27.7 Å². The Morgan fingerprint density at radius 3 is 2.31 bits per heavy atom. The van der Waals surface area contributed by atoms with Gasteiger partial charge in [-0.2, -0.15) is 0 Å². The number of rotatable bonds is 8. The average Bonchev–Trinajstić information content (AvgIpc) is 2.60. The Bertz CT molecular complexity index is 1010. The van der Waals surface area contributed by atoms with Gasteiger partial charge in [0.1, 0.15) is 0 Å². The zero-order valence-corrected chi connectivity index (χ0v) is 18.1. The maximum Gasteiger partial charge on any atom is 0.232 e. The molecule has 2 aromatic rings. The second-order valence-corrected chi connectivity index (χ2v) is 8.95. The van der Waals surface area contributed by atoms with Crippen molar-refractivity contribution in [1.29, 1.82) is 0 Å². The molecule has 0 radical (unpaired) electrons. The number of anilines is 3. The summed E-state index contributed by atoms with van der Waals surface area (Å²) in [6.07, 6.45) is 1.59. The van der Waals surface area contributed by atoms with Gasteiger partial charge in [0.2, 0.25) is 21.8 Å². The smallest absolute Gasteiger partial charge is 0.232 e. The summed E-state index contributed by atoms with van der Waals surface area (Å²) >= 11 is 6.12.